The fraction of sp³-hybridized carbons (Fsp3) is 0.176. The third-order valence-electron chi connectivity index (χ3n) is 3.81. The van der Waals surface area contributed by atoms with E-state index in [1.807, 2.05) is 0 Å². The number of carbonyl (C=O) groups is 2. The van der Waals surface area contributed by atoms with Crippen LogP contribution in [-0.4, -0.2) is 27.9 Å². The molecular weight excluding hydrogens is 356 g/mol. The van der Waals surface area contributed by atoms with Gasteiger partial charge in [0.2, 0.25) is 5.91 Å². The molecule has 2 amide bonds. The molecule has 0 fully saturated rings. The summed E-state index contributed by atoms with van der Waals surface area (Å²) in [5.41, 5.74) is 0.538. The topological polar surface area (TPSA) is 109 Å². The number of benzene rings is 1. The molecule has 1 aromatic carbocycles. The predicted octanol–water partition coefficient (Wildman–Crippen LogP) is 1.24. The highest BCUT2D eigenvalue weighted by molar-refractivity contribution is 7.71. The van der Waals surface area contributed by atoms with Crippen LogP contribution in [-0.2, 0) is 18.4 Å². The minimum Gasteiger partial charge on any atom is -0.467 e. The van der Waals surface area contributed by atoms with Gasteiger partial charge in [0.25, 0.3) is 11.5 Å². The predicted molar refractivity (Wildman–Crippen MR) is 97.3 cm³/mol. The Labute approximate surface area is 152 Å². The maximum absolute atomic E-state index is 12.2. The number of rotatable bonds is 5. The average molecular weight is 372 g/mol. The van der Waals surface area contributed by atoms with Gasteiger partial charge in [0.05, 0.1) is 30.3 Å². The number of aromatic amines is 1. The van der Waals surface area contributed by atoms with E-state index in [0.29, 0.717) is 22.2 Å². The summed E-state index contributed by atoms with van der Waals surface area (Å²) in [6, 6.07) is 8.07. The van der Waals surface area contributed by atoms with Gasteiger partial charge in [-0.2, -0.15) is 0 Å². The normalized spacial score (nSPS) is 10.7. The van der Waals surface area contributed by atoms with Crippen molar-refractivity contribution in [3.05, 3.63) is 63.0 Å². The first-order chi connectivity index (χ1) is 12.5. The second kappa shape index (κ2) is 7.36. The van der Waals surface area contributed by atoms with E-state index in [9.17, 15) is 14.4 Å². The lowest BCUT2D eigenvalue weighted by Crippen LogP contribution is -2.36. The van der Waals surface area contributed by atoms with Gasteiger partial charge in [0.15, 0.2) is 4.77 Å². The molecule has 0 saturated heterocycles. The van der Waals surface area contributed by atoms with Gasteiger partial charge in [-0.05, 0) is 42.5 Å². The lowest BCUT2D eigenvalue weighted by Gasteiger charge is -2.07. The highest BCUT2D eigenvalue weighted by atomic mass is 32.1. The summed E-state index contributed by atoms with van der Waals surface area (Å²) in [4.78, 5) is 39.0. The van der Waals surface area contributed by atoms with E-state index in [2.05, 4.69) is 15.6 Å². The first-order valence-electron chi connectivity index (χ1n) is 7.76. The molecule has 0 saturated carbocycles. The summed E-state index contributed by atoms with van der Waals surface area (Å²) in [5.74, 6) is -0.153. The molecule has 0 aliphatic rings. The van der Waals surface area contributed by atoms with Crippen LogP contribution in [0.25, 0.3) is 10.9 Å². The lowest BCUT2D eigenvalue weighted by molar-refractivity contribution is -0.120. The number of carbonyl (C=O) groups excluding carboxylic acids is 2. The number of amides is 2. The molecule has 3 rings (SSSR count). The van der Waals surface area contributed by atoms with Crippen molar-refractivity contribution >= 4 is 34.9 Å². The van der Waals surface area contributed by atoms with Crippen molar-refractivity contribution < 1.29 is 14.0 Å². The number of nitrogens with one attached hydrogen (secondary N) is 3. The van der Waals surface area contributed by atoms with E-state index < -0.39 is 5.91 Å². The SMILES string of the molecule is Cn1c(=S)[nH]c2cc(C(=O)NCC(=O)NCc3ccco3)ccc2c1=O. The van der Waals surface area contributed by atoms with Gasteiger partial charge in [-0.15, -0.1) is 0 Å². The molecule has 0 spiro atoms. The van der Waals surface area contributed by atoms with Crippen LogP contribution in [0.5, 0.6) is 0 Å². The summed E-state index contributed by atoms with van der Waals surface area (Å²) >= 11 is 5.07. The molecule has 2 heterocycles. The molecule has 26 heavy (non-hydrogen) atoms. The van der Waals surface area contributed by atoms with E-state index >= 15 is 0 Å². The number of fused-ring (bicyclic) bond motifs is 1. The van der Waals surface area contributed by atoms with Crippen LogP contribution in [0.2, 0.25) is 0 Å². The van der Waals surface area contributed by atoms with Crippen LogP contribution < -0.4 is 16.2 Å². The van der Waals surface area contributed by atoms with Crippen molar-refractivity contribution in [3.63, 3.8) is 0 Å². The van der Waals surface area contributed by atoms with Crippen molar-refractivity contribution in [3.8, 4) is 0 Å². The second-order valence-corrected chi connectivity index (χ2v) is 5.98. The molecule has 3 aromatic rings. The van der Waals surface area contributed by atoms with E-state index in [4.69, 9.17) is 16.6 Å². The molecule has 0 atom stereocenters. The first kappa shape index (κ1) is 17.6. The van der Waals surface area contributed by atoms with Gasteiger partial charge in [-0.3, -0.25) is 19.0 Å². The minimum atomic E-state index is -0.431. The Hall–Kier alpha value is -3.20. The summed E-state index contributed by atoms with van der Waals surface area (Å²) in [7, 11) is 1.57. The Balaban J connectivity index is 1.66. The second-order valence-electron chi connectivity index (χ2n) is 5.59. The number of aromatic nitrogens is 2. The van der Waals surface area contributed by atoms with Gasteiger partial charge in [-0.25, -0.2) is 0 Å². The van der Waals surface area contributed by atoms with Crippen molar-refractivity contribution in [2.45, 2.75) is 6.54 Å². The Morgan fingerprint density at radius 2 is 2.08 bits per heavy atom. The average Bonchev–Trinajstić information content (AvgIpc) is 3.15. The molecule has 8 nitrogen and oxygen atoms in total. The van der Waals surface area contributed by atoms with Gasteiger partial charge >= 0.3 is 0 Å². The van der Waals surface area contributed by atoms with E-state index in [0.717, 1.165) is 0 Å². The summed E-state index contributed by atoms with van der Waals surface area (Å²) < 4.78 is 6.69. The van der Waals surface area contributed by atoms with Crippen LogP contribution in [0, 0.1) is 4.77 Å². The third kappa shape index (κ3) is 3.72. The van der Waals surface area contributed by atoms with Crippen molar-refractivity contribution in [2.24, 2.45) is 7.05 Å². The molecule has 2 aromatic heterocycles. The summed E-state index contributed by atoms with van der Waals surface area (Å²) in [6.07, 6.45) is 1.52. The zero-order valence-electron chi connectivity index (χ0n) is 13.9. The van der Waals surface area contributed by atoms with E-state index in [-0.39, 0.29) is 29.3 Å². The van der Waals surface area contributed by atoms with Crippen LogP contribution in [0.4, 0.5) is 0 Å². The molecule has 134 valence electrons. The maximum Gasteiger partial charge on any atom is 0.261 e. The zero-order valence-corrected chi connectivity index (χ0v) is 14.7. The summed E-state index contributed by atoms with van der Waals surface area (Å²) in [5, 5.41) is 5.59. The lowest BCUT2D eigenvalue weighted by atomic mass is 10.1. The highest BCUT2D eigenvalue weighted by Crippen LogP contribution is 2.10. The maximum atomic E-state index is 12.2. The minimum absolute atomic E-state index is 0.176. The number of furan rings is 1. The largest absolute Gasteiger partial charge is 0.467 e. The Morgan fingerprint density at radius 1 is 1.27 bits per heavy atom. The fourth-order valence-electron chi connectivity index (χ4n) is 2.37. The summed E-state index contributed by atoms with van der Waals surface area (Å²) in [6.45, 7) is 0.0711. The van der Waals surface area contributed by atoms with Gasteiger partial charge < -0.3 is 20.0 Å². The number of hydrogen-bond acceptors (Lipinski definition) is 5. The smallest absolute Gasteiger partial charge is 0.261 e. The molecular formula is C17H16N4O4S. The first-order valence-corrected chi connectivity index (χ1v) is 8.17. The number of H-pyrrole nitrogens is 1. The van der Waals surface area contributed by atoms with Crippen molar-refractivity contribution in [2.75, 3.05) is 6.54 Å². The highest BCUT2D eigenvalue weighted by Gasteiger charge is 2.11. The van der Waals surface area contributed by atoms with Crippen LogP contribution in [0.15, 0.2) is 45.8 Å². The molecule has 0 aliphatic heterocycles. The van der Waals surface area contributed by atoms with Gasteiger partial charge in [0.1, 0.15) is 5.76 Å². The van der Waals surface area contributed by atoms with Crippen LogP contribution in [0.3, 0.4) is 0 Å². The zero-order chi connectivity index (χ0) is 18.7. The molecule has 0 radical (unpaired) electrons. The number of hydrogen-bond donors (Lipinski definition) is 3. The number of nitrogens with zero attached hydrogens (tertiary/aromatic N) is 1. The molecule has 0 unspecified atom stereocenters. The van der Waals surface area contributed by atoms with Crippen molar-refractivity contribution in [1.29, 1.82) is 0 Å². The molecule has 3 N–H and O–H groups in total. The van der Waals surface area contributed by atoms with Crippen molar-refractivity contribution in [1.82, 2.24) is 20.2 Å². The third-order valence-corrected chi connectivity index (χ3v) is 4.19. The Bertz CT molecular complexity index is 1080. The van der Waals surface area contributed by atoms with E-state index in [1.165, 1.54) is 23.0 Å². The standard InChI is InChI=1S/C17H16N4O4S/c1-21-16(24)12-5-4-10(7-13(12)20-17(21)26)15(23)19-9-14(22)18-8-11-3-2-6-25-11/h2-7H,8-9H2,1H3,(H,18,22)(H,19,23)(H,20,26). The quantitative estimate of drug-likeness (QED) is 0.584. The van der Waals surface area contributed by atoms with E-state index in [1.54, 1.807) is 25.2 Å². The Morgan fingerprint density at radius 3 is 2.81 bits per heavy atom. The molecule has 9 heteroatoms. The monoisotopic (exact) mass is 372 g/mol. The van der Waals surface area contributed by atoms with Crippen LogP contribution in [0.1, 0.15) is 16.1 Å². The Kier molecular flexibility index (Phi) is 4.99. The molecule has 0 bridgehead atoms. The van der Waals surface area contributed by atoms with Crippen LogP contribution >= 0.6 is 12.2 Å². The van der Waals surface area contributed by atoms with Gasteiger partial charge in [0, 0.05) is 12.6 Å². The molecule has 0 aliphatic carbocycles. The fourth-order valence-corrected chi connectivity index (χ4v) is 2.56. The van der Waals surface area contributed by atoms with Gasteiger partial charge in [-0.1, -0.05) is 0 Å².